The van der Waals surface area contributed by atoms with E-state index >= 15 is 0 Å². The lowest BCUT2D eigenvalue weighted by molar-refractivity contribution is -0.142. The second-order valence-electron chi connectivity index (χ2n) is 6.72. The fourth-order valence-corrected chi connectivity index (χ4v) is 3.35. The van der Waals surface area contributed by atoms with Gasteiger partial charge in [0.2, 0.25) is 0 Å². The van der Waals surface area contributed by atoms with Crippen LogP contribution in [0.4, 0.5) is 0 Å². The zero-order valence-electron chi connectivity index (χ0n) is 14.2. The first-order chi connectivity index (χ1) is 11.4. The first-order valence-electron chi connectivity index (χ1n) is 8.25. The average Bonchev–Trinajstić information content (AvgIpc) is 2.87. The predicted molar refractivity (Wildman–Crippen MR) is 91.7 cm³/mol. The number of β-amino-alcohol motifs (C(OH)–C–C–N with tert-alkyl or cyclic N) is 1. The quantitative estimate of drug-likeness (QED) is 0.886. The van der Waals surface area contributed by atoms with Crippen LogP contribution in [0.1, 0.15) is 29.8 Å². The third-order valence-electron chi connectivity index (χ3n) is 4.61. The fourth-order valence-electron chi connectivity index (χ4n) is 3.35. The van der Waals surface area contributed by atoms with Crippen molar-refractivity contribution in [1.29, 1.82) is 0 Å². The van der Waals surface area contributed by atoms with Gasteiger partial charge in [0.15, 0.2) is 5.60 Å². The molecule has 1 aliphatic rings. The van der Waals surface area contributed by atoms with Gasteiger partial charge in [0.1, 0.15) is 0 Å². The minimum absolute atomic E-state index is 0.293. The summed E-state index contributed by atoms with van der Waals surface area (Å²) < 4.78 is 1.92. The van der Waals surface area contributed by atoms with E-state index in [1.165, 1.54) is 0 Å². The molecule has 6 nitrogen and oxygen atoms in total. The molecule has 1 aromatic carbocycles. The summed E-state index contributed by atoms with van der Waals surface area (Å²) in [5.74, 6) is -0.632. The van der Waals surface area contributed by atoms with Crippen molar-refractivity contribution in [3.05, 3.63) is 47.3 Å². The van der Waals surface area contributed by atoms with Crippen molar-refractivity contribution < 1.29 is 9.90 Å². The molecule has 0 aliphatic carbocycles. The maximum atomic E-state index is 11.4. The Bertz CT molecular complexity index is 738. The molecule has 2 heterocycles. The van der Waals surface area contributed by atoms with Crippen LogP contribution in [0.5, 0.6) is 0 Å². The largest absolute Gasteiger partial charge is 0.379 e. The number of likely N-dealkylation sites (tertiary alicyclic amines) is 1. The summed E-state index contributed by atoms with van der Waals surface area (Å²) in [4.78, 5) is 13.5. The van der Waals surface area contributed by atoms with Gasteiger partial charge in [0, 0.05) is 18.8 Å². The zero-order chi connectivity index (χ0) is 17.3. The molecule has 2 aromatic rings. The number of nitrogens with zero attached hydrogens (tertiary/aromatic N) is 3. The van der Waals surface area contributed by atoms with E-state index in [-0.39, 0.29) is 0 Å². The van der Waals surface area contributed by atoms with Crippen LogP contribution < -0.4 is 5.73 Å². The van der Waals surface area contributed by atoms with Crippen molar-refractivity contribution in [3.8, 4) is 5.69 Å². The Hall–Kier alpha value is -2.18. The summed E-state index contributed by atoms with van der Waals surface area (Å²) >= 11 is 0. The monoisotopic (exact) mass is 328 g/mol. The molecule has 0 saturated carbocycles. The number of hydrogen-bond acceptors (Lipinski definition) is 4. The van der Waals surface area contributed by atoms with Gasteiger partial charge in [0.05, 0.1) is 11.4 Å². The molecule has 1 atom stereocenters. The third kappa shape index (κ3) is 3.34. The predicted octanol–water partition coefficient (Wildman–Crippen LogP) is 1.30. The van der Waals surface area contributed by atoms with E-state index in [0.717, 1.165) is 35.6 Å². The molecule has 1 unspecified atom stereocenters. The Morgan fingerprint density at radius 2 is 2.04 bits per heavy atom. The van der Waals surface area contributed by atoms with Crippen LogP contribution in [0.15, 0.2) is 30.3 Å². The summed E-state index contributed by atoms with van der Waals surface area (Å²) in [5, 5.41) is 14.8. The van der Waals surface area contributed by atoms with Crippen molar-refractivity contribution in [3.63, 3.8) is 0 Å². The molecule has 1 fully saturated rings. The first-order valence-corrected chi connectivity index (χ1v) is 8.25. The molecule has 6 heteroatoms. The molecular weight excluding hydrogens is 304 g/mol. The lowest BCUT2D eigenvalue weighted by Gasteiger charge is -2.37. The topological polar surface area (TPSA) is 84.4 Å². The summed E-state index contributed by atoms with van der Waals surface area (Å²) in [5.41, 5.74) is 8.19. The highest BCUT2D eigenvalue weighted by Gasteiger charge is 2.38. The van der Waals surface area contributed by atoms with Crippen molar-refractivity contribution in [2.45, 2.75) is 38.8 Å². The number of hydrogen-bond donors (Lipinski definition) is 2. The maximum absolute atomic E-state index is 11.4. The molecular formula is C18H24N4O2. The van der Waals surface area contributed by atoms with Gasteiger partial charge in [0.25, 0.3) is 5.91 Å². The van der Waals surface area contributed by atoms with E-state index in [1.54, 1.807) is 0 Å². The van der Waals surface area contributed by atoms with Crippen LogP contribution in [0.2, 0.25) is 0 Å². The lowest BCUT2D eigenvalue weighted by atomic mass is 9.92. The van der Waals surface area contributed by atoms with Crippen LogP contribution >= 0.6 is 0 Å². The van der Waals surface area contributed by atoms with Gasteiger partial charge < -0.3 is 10.8 Å². The van der Waals surface area contributed by atoms with Crippen molar-refractivity contribution in [2.24, 2.45) is 5.73 Å². The number of primary amides is 1. The second kappa shape index (κ2) is 6.37. The SMILES string of the molecule is Cc1cc(C)n(-c2ccc(CN3CCCC(O)(C(N)=O)C3)cc2)n1. The number of rotatable bonds is 4. The van der Waals surface area contributed by atoms with Gasteiger partial charge in [-0.25, -0.2) is 4.68 Å². The Kier molecular flexibility index (Phi) is 4.43. The highest BCUT2D eigenvalue weighted by atomic mass is 16.3. The Morgan fingerprint density at radius 3 is 2.62 bits per heavy atom. The van der Waals surface area contributed by atoms with E-state index in [2.05, 4.69) is 22.1 Å². The van der Waals surface area contributed by atoms with Gasteiger partial charge in [-0.05, 0) is 57.0 Å². The molecule has 0 spiro atoms. The van der Waals surface area contributed by atoms with E-state index in [9.17, 15) is 9.90 Å². The number of piperidine rings is 1. The average molecular weight is 328 g/mol. The minimum Gasteiger partial charge on any atom is -0.379 e. The van der Waals surface area contributed by atoms with E-state index in [1.807, 2.05) is 36.7 Å². The summed E-state index contributed by atoms with van der Waals surface area (Å²) in [7, 11) is 0. The second-order valence-corrected chi connectivity index (χ2v) is 6.72. The first kappa shape index (κ1) is 16.7. The Balaban J connectivity index is 1.70. The lowest BCUT2D eigenvalue weighted by Crippen LogP contribution is -2.55. The number of benzene rings is 1. The molecule has 1 aliphatic heterocycles. The van der Waals surface area contributed by atoms with Crippen LogP contribution in [0.3, 0.4) is 0 Å². The maximum Gasteiger partial charge on any atom is 0.250 e. The molecule has 1 saturated heterocycles. The molecule has 3 rings (SSSR count). The van der Waals surface area contributed by atoms with Gasteiger partial charge in [-0.15, -0.1) is 0 Å². The van der Waals surface area contributed by atoms with Crippen LogP contribution in [0.25, 0.3) is 5.69 Å². The number of amides is 1. The molecule has 128 valence electrons. The highest BCUT2D eigenvalue weighted by molar-refractivity contribution is 5.83. The highest BCUT2D eigenvalue weighted by Crippen LogP contribution is 2.23. The van der Waals surface area contributed by atoms with Gasteiger partial charge >= 0.3 is 0 Å². The fraction of sp³-hybridized carbons (Fsp3) is 0.444. The number of aliphatic hydroxyl groups is 1. The Morgan fingerprint density at radius 1 is 1.33 bits per heavy atom. The van der Waals surface area contributed by atoms with Crippen LogP contribution in [-0.2, 0) is 11.3 Å². The molecule has 1 amide bonds. The molecule has 0 radical (unpaired) electrons. The smallest absolute Gasteiger partial charge is 0.250 e. The molecule has 24 heavy (non-hydrogen) atoms. The van der Waals surface area contributed by atoms with Gasteiger partial charge in [-0.1, -0.05) is 12.1 Å². The van der Waals surface area contributed by atoms with Crippen molar-refractivity contribution >= 4 is 5.91 Å². The van der Waals surface area contributed by atoms with Crippen LogP contribution in [-0.4, -0.2) is 44.4 Å². The minimum atomic E-state index is -1.40. The summed E-state index contributed by atoms with van der Waals surface area (Å²) in [6, 6.07) is 10.2. The molecule has 0 bridgehead atoms. The van der Waals surface area contributed by atoms with Gasteiger partial charge in [-0.2, -0.15) is 5.10 Å². The Labute approximate surface area is 141 Å². The number of aryl methyl sites for hydroxylation is 2. The number of carbonyl (C=O) groups is 1. The van der Waals surface area contributed by atoms with Crippen molar-refractivity contribution in [2.75, 3.05) is 13.1 Å². The van der Waals surface area contributed by atoms with Crippen molar-refractivity contribution in [1.82, 2.24) is 14.7 Å². The van der Waals surface area contributed by atoms with E-state index in [0.29, 0.717) is 19.5 Å². The normalized spacial score (nSPS) is 21.8. The summed E-state index contributed by atoms with van der Waals surface area (Å²) in [6.07, 6.45) is 1.21. The zero-order valence-corrected chi connectivity index (χ0v) is 14.2. The van der Waals surface area contributed by atoms with Crippen LogP contribution in [0, 0.1) is 13.8 Å². The molecule has 3 N–H and O–H groups in total. The number of carbonyl (C=O) groups excluding carboxylic acids is 1. The van der Waals surface area contributed by atoms with E-state index in [4.69, 9.17) is 5.73 Å². The number of aromatic nitrogens is 2. The standard InChI is InChI=1S/C18H24N4O2/c1-13-10-14(2)22(20-13)16-6-4-15(5-7-16)11-21-9-3-8-18(24,12-21)17(19)23/h4-7,10,24H,3,8-9,11-12H2,1-2H3,(H2,19,23). The van der Waals surface area contributed by atoms with Gasteiger partial charge in [-0.3, -0.25) is 9.69 Å². The third-order valence-corrected chi connectivity index (χ3v) is 4.61. The summed E-state index contributed by atoms with van der Waals surface area (Å²) in [6.45, 7) is 5.85. The number of nitrogens with two attached hydrogens (primary N) is 1. The van der Waals surface area contributed by atoms with E-state index < -0.39 is 11.5 Å². The molecule has 1 aromatic heterocycles.